The number of thioether (sulfide) groups is 1. The van der Waals surface area contributed by atoms with Crippen LogP contribution in [0.15, 0.2) is 33.2 Å². The van der Waals surface area contributed by atoms with Gasteiger partial charge in [-0.25, -0.2) is 14.6 Å². The van der Waals surface area contributed by atoms with E-state index in [2.05, 4.69) is 36.2 Å². The van der Waals surface area contributed by atoms with Gasteiger partial charge in [0, 0.05) is 23.6 Å². The van der Waals surface area contributed by atoms with Crippen molar-refractivity contribution < 1.29 is 19.7 Å². The highest BCUT2D eigenvalue weighted by molar-refractivity contribution is 9.10. The van der Waals surface area contributed by atoms with Crippen molar-refractivity contribution in [2.45, 2.75) is 34.7 Å². The molecular weight excluding hydrogens is 544 g/mol. The minimum Gasteiger partial charge on any atom is -0.394 e. The van der Waals surface area contributed by atoms with Crippen molar-refractivity contribution in [2.75, 3.05) is 13.7 Å². The van der Waals surface area contributed by atoms with Gasteiger partial charge in [0.05, 0.1) is 17.3 Å². The molecule has 4 rings (SSSR count). The number of halogens is 2. The first-order valence-electron chi connectivity index (χ1n) is 9.17. The third-order valence-electron chi connectivity index (χ3n) is 4.78. The molecule has 0 radical (unpaired) electrons. The monoisotopic (exact) mass is 558 g/mol. The summed E-state index contributed by atoms with van der Waals surface area (Å²) in [6, 6.07) is 3.04. The van der Waals surface area contributed by atoms with Crippen molar-refractivity contribution in [3.05, 3.63) is 39.2 Å². The molecule has 1 aliphatic rings. The number of rotatable bonds is 6. The molecule has 4 heterocycles. The second kappa shape index (κ2) is 10.1. The Kier molecular flexibility index (Phi) is 7.43. The fraction of sp³-hybridized carbons (Fsp3) is 0.389. The molecule has 3 aromatic heterocycles. The Bertz CT molecular complexity index is 1140. The van der Waals surface area contributed by atoms with Crippen LogP contribution in [0.1, 0.15) is 11.7 Å². The Balaban J connectivity index is 1.64. The van der Waals surface area contributed by atoms with Gasteiger partial charge in [-0.3, -0.25) is 0 Å². The first-order chi connectivity index (χ1) is 15.4. The van der Waals surface area contributed by atoms with Crippen LogP contribution in [0.3, 0.4) is 0 Å². The summed E-state index contributed by atoms with van der Waals surface area (Å²) in [4.78, 5) is 9.02. The lowest BCUT2D eigenvalue weighted by Crippen LogP contribution is -2.55. The van der Waals surface area contributed by atoms with E-state index in [1.165, 1.54) is 34.9 Å². The predicted octanol–water partition coefficient (Wildman–Crippen LogP) is 2.51. The van der Waals surface area contributed by atoms with Gasteiger partial charge in [0.2, 0.25) is 0 Å². The van der Waals surface area contributed by atoms with Gasteiger partial charge in [0.15, 0.2) is 5.69 Å². The van der Waals surface area contributed by atoms with Crippen molar-refractivity contribution in [1.82, 2.24) is 25.0 Å². The number of hydrogen-bond donors (Lipinski definition) is 2. The van der Waals surface area contributed by atoms with E-state index in [1.54, 1.807) is 23.8 Å². The number of methoxy groups -OCH3 is 1. The van der Waals surface area contributed by atoms with E-state index in [0.717, 1.165) is 0 Å². The Hall–Kier alpha value is -1.63. The average Bonchev–Trinajstić information content (AvgIpc) is 3.43. The summed E-state index contributed by atoms with van der Waals surface area (Å²) < 4.78 is 13.7. The summed E-state index contributed by atoms with van der Waals surface area (Å²) in [5, 5.41) is 40.8. The van der Waals surface area contributed by atoms with Crippen LogP contribution in [0.25, 0.3) is 10.7 Å². The average molecular weight is 560 g/mol. The highest BCUT2D eigenvalue weighted by atomic mass is 79.9. The first-order valence-corrected chi connectivity index (χ1v) is 12.1. The molecule has 0 spiro atoms. The van der Waals surface area contributed by atoms with Gasteiger partial charge in [-0.05, 0) is 22.0 Å². The molecule has 5 atom stereocenters. The van der Waals surface area contributed by atoms with Crippen LogP contribution in [0.5, 0.6) is 0 Å². The molecule has 2 N–H and O–H groups in total. The van der Waals surface area contributed by atoms with Crippen molar-refractivity contribution >= 4 is 50.6 Å². The van der Waals surface area contributed by atoms with Gasteiger partial charge in [0.25, 0.3) is 0 Å². The molecule has 3 aromatic rings. The Morgan fingerprint density at radius 3 is 2.94 bits per heavy atom. The summed E-state index contributed by atoms with van der Waals surface area (Å²) in [5.41, 5.74) is 0.149. The molecule has 0 aliphatic carbocycles. The third-order valence-corrected chi connectivity index (χ3v) is 7.68. The van der Waals surface area contributed by atoms with Crippen LogP contribution in [0, 0.1) is 11.3 Å². The number of nitrogens with zero attached hydrogens (tertiary/aromatic N) is 6. The van der Waals surface area contributed by atoms with Crippen LogP contribution >= 0.6 is 50.6 Å². The fourth-order valence-corrected chi connectivity index (χ4v) is 5.96. The van der Waals surface area contributed by atoms with Crippen LogP contribution in [0.4, 0.5) is 0 Å². The zero-order chi connectivity index (χ0) is 22.8. The van der Waals surface area contributed by atoms with Crippen molar-refractivity contribution in [1.29, 1.82) is 5.26 Å². The second-order valence-corrected chi connectivity index (χ2v) is 9.97. The molecule has 32 heavy (non-hydrogen) atoms. The Morgan fingerprint density at radius 2 is 2.31 bits per heavy atom. The number of ether oxygens (including phenoxy) is 2. The number of aromatic nitrogens is 5. The van der Waals surface area contributed by atoms with Crippen molar-refractivity contribution in [2.24, 2.45) is 0 Å². The highest BCUT2D eigenvalue weighted by Gasteiger charge is 2.47. The van der Waals surface area contributed by atoms with Crippen molar-refractivity contribution in [3.8, 4) is 16.8 Å². The van der Waals surface area contributed by atoms with Crippen LogP contribution < -0.4 is 0 Å². The number of aliphatic hydroxyl groups is 2. The van der Waals surface area contributed by atoms with E-state index < -0.39 is 36.4 Å². The van der Waals surface area contributed by atoms with Gasteiger partial charge < -0.3 is 19.7 Å². The minimum absolute atomic E-state index is 0.265. The summed E-state index contributed by atoms with van der Waals surface area (Å²) in [7, 11) is 1.51. The number of nitriles is 1. The third kappa shape index (κ3) is 4.68. The van der Waals surface area contributed by atoms with Gasteiger partial charge >= 0.3 is 0 Å². The predicted molar refractivity (Wildman–Crippen MR) is 120 cm³/mol. The highest BCUT2D eigenvalue weighted by Crippen LogP contribution is 2.40. The maximum Gasteiger partial charge on any atom is 0.154 e. The molecule has 0 aromatic carbocycles. The molecule has 1 fully saturated rings. The molecule has 0 saturated carbocycles. The van der Waals surface area contributed by atoms with Gasteiger partial charge in [-0.1, -0.05) is 28.6 Å². The number of hydrogen-bond acceptors (Lipinski definition) is 11. The SMILES string of the molecule is COC1[C@@H](Sc2cnc(C#N)c(Br)c2)OC(CO)[C@H](O)[C@@H]1n1cc(-c2nc(Cl)cs2)nn1. The van der Waals surface area contributed by atoms with Gasteiger partial charge in [-0.2, -0.15) is 5.26 Å². The van der Waals surface area contributed by atoms with E-state index in [-0.39, 0.29) is 5.69 Å². The summed E-state index contributed by atoms with van der Waals surface area (Å²) >= 11 is 11.9. The molecule has 1 saturated heterocycles. The molecule has 168 valence electrons. The summed E-state index contributed by atoms with van der Waals surface area (Å²) in [6.45, 7) is -0.399. The van der Waals surface area contributed by atoms with E-state index in [9.17, 15) is 10.2 Å². The second-order valence-electron chi connectivity index (χ2n) is 6.70. The molecule has 0 amide bonds. The fourth-order valence-electron chi connectivity index (χ4n) is 3.30. The van der Waals surface area contributed by atoms with E-state index >= 15 is 0 Å². The van der Waals surface area contributed by atoms with Gasteiger partial charge in [0.1, 0.15) is 51.7 Å². The van der Waals surface area contributed by atoms with Crippen molar-refractivity contribution in [3.63, 3.8) is 0 Å². The maximum absolute atomic E-state index is 10.9. The molecule has 2 unspecified atom stereocenters. The van der Waals surface area contributed by atoms with E-state index in [1.807, 2.05) is 6.07 Å². The minimum atomic E-state index is -1.11. The molecule has 10 nitrogen and oxygen atoms in total. The lowest BCUT2D eigenvalue weighted by Gasteiger charge is -2.43. The van der Waals surface area contributed by atoms with E-state index in [0.29, 0.717) is 25.2 Å². The molecule has 0 bridgehead atoms. The zero-order valence-electron chi connectivity index (χ0n) is 16.4. The van der Waals surface area contributed by atoms with E-state index in [4.69, 9.17) is 26.3 Å². The molecular formula is C18H16BrClN6O4S2. The summed E-state index contributed by atoms with van der Waals surface area (Å²) in [5.74, 6) is 0. The molecule has 14 heteroatoms. The Morgan fingerprint density at radius 1 is 1.50 bits per heavy atom. The lowest BCUT2D eigenvalue weighted by molar-refractivity contribution is -0.186. The number of aliphatic hydroxyl groups excluding tert-OH is 2. The van der Waals surface area contributed by atoms with Crippen LogP contribution in [0.2, 0.25) is 5.15 Å². The lowest BCUT2D eigenvalue weighted by atomic mass is 9.97. The molecule has 1 aliphatic heterocycles. The quantitative estimate of drug-likeness (QED) is 0.463. The van der Waals surface area contributed by atoms with Crippen LogP contribution in [-0.4, -0.2) is 72.6 Å². The summed E-state index contributed by atoms with van der Waals surface area (Å²) in [6.07, 6.45) is 0.568. The normalized spacial score (nSPS) is 25.6. The maximum atomic E-state index is 10.9. The number of pyridine rings is 1. The topological polar surface area (TPSA) is 139 Å². The van der Waals surface area contributed by atoms with Gasteiger partial charge in [-0.15, -0.1) is 16.4 Å². The standard InChI is InChI=1S/C18H16BrClN6O4S2/c1-29-16-14(26-5-11(24-25-26)17-23-13(20)7-31-17)15(28)12(6-27)30-18(16)32-8-2-9(19)10(3-21)22-4-8/h2,4-5,7,12,14-16,18,27-28H,6H2,1H3/t12?,14-,15-,16?,18+/m0/s1. The Labute approximate surface area is 204 Å². The smallest absolute Gasteiger partial charge is 0.154 e. The number of thiazole rings is 1. The largest absolute Gasteiger partial charge is 0.394 e. The first kappa shape index (κ1) is 23.5. The zero-order valence-corrected chi connectivity index (χ0v) is 20.3. The van der Waals surface area contributed by atoms with Crippen LogP contribution in [-0.2, 0) is 9.47 Å².